The first-order valence-electron chi connectivity index (χ1n) is 16.7. The molecule has 3 aliphatic heterocycles. The van der Waals surface area contributed by atoms with E-state index in [0.717, 1.165) is 48.8 Å². The maximum Gasteiger partial charge on any atom is 0.504 e. The number of fused-ring (bicyclic) bond motifs is 3. The fraction of sp³-hybridized carbons (Fsp3) is 0.361. The average Bonchev–Trinajstić information content (AvgIpc) is 3.87. The number of ether oxygens (including phenoxy) is 1. The van der Waals surface area contributed by atoms with Gasteiger partial charge in [-0.05, 0) is 43.5 Å². The van der Waals surface area contributed by atoms with Gasteiger partial charge in [-0.25, -0.2) is 4.68 Å². The summed E-state index contributed by atoms with van der Waals surface area (Å²) < 4.78 is 45.3. The molecule has 15 heteroatoms. The van der Waals surface area contributed by atoms with Crippen molar-refractivity contribution in [3.05, 3.63) is 108 Å². The molecule has 2 saturated heterocycles. The molecule has 0 aliphatic carbocycles. The van der Waals surface area contributed by atoms with Crippen LogP contribution in [0.3, 0.4) is 0 Å². The Morgan fingerprint density at radius 2 is 1.67 bits per heavy atom. The molecule has 3 atom stereocenters. The highest BCUT2D eigenvalue weighted by Gasteiger charge is 2.38. The van der Waals surface area contributed by atoms with Crippen molar-refractivity contribution in [1.82, 2.24) is 35.1 Å². The first-order valence-corrected chi connectivity index (χ1v) is 16.7. The van der Waals surface area contributed by atoms with E-state index in [-0.39, 0.29) is 22.9 Å². The van der Waals surface area contributed by atoms with Gasteiger partial charge in [-0.1, -0.05) is 55.1 Å². The van der Waals surface area contributed by atoms with Crippen molar-refractivity contribution in [2.24, 2.45) is 0 Å². The molecule has 0 spiro atoms. The van der Waals surface area contributed by atoms with E-state index >= 15 is 0 Å². The van der Waals surface area contributed by atoms with E-state index in [1.807, 2.05) is 60.7 Å². The van der Waals surface area contributed by atoms with Crippen LogP contribution in [0.15, 0.2) is 91.3 Å². The quantitative estimate of drug-likeness (QED) is 0.253. The summed E-state index contributed by atoms with van der Waals surface area (Å²) in [5, 5.41) is 13.0. The zero-order valence-electron chi connectivity index (χ0n) is 28.1. The summed E-state index contributed by atoms with van der Waals surface area (Å²) in [6.45, 7) is 9.08. The molecule has 3 amide bonds. The van der Waals surface area contributed by atoms with Gasteiger partial charge in [-0.15, -0.1) is 13.2 Å². The SMILES string of the molecule is C=C(CN1CC2CCC(C1)O2)C(=O)NCc1ccccc1.CCN1C(=O)C(NC(=O)c2ccn(C(F)(F)F)n2)Cc2cnn(-c3ccccc3)c21. The third-order valence-corrected chi connectivity index (χ3v) is 8.92. The maximum atomic E-state index is 13.0. The third-order valence-electron chi connectivity index (χ3n) is 8.92. The maximum absolute atomic E-state index is 13.0. The van der Waals surface area contributed by atoms with Gasteiger partial charge in [0.05, 0.1) is 24.1 Å². The highest BCUT2D eigenvalue weighted by atomic mass is 19.4. The molecule has 2 aromatic carbocycles. The van der Waals surface area contributed by atoms with Gasteiger partial charge in [0.1, 0.15) is 17.6 Å². The number of alkyl halides is 3. The van der Waals surface area contributed by atoms with Crippen LogP contribution in [-0.2, 0) is 33.6 Å². The molecule has 2 bridgehead atoms. The van der Waals surface area contributed by atoms with E-state index in [1.54, 1.807) is 17.8 Å². The number of halogens is 3. The normalized spacial score (nSPS) is 19.9. The molecular formula is C36H39F3N8O4. The number of hydrogen-bond acceptors (Lipinski definition) is 7. The number of likely N-dealkylation sites (N-methyl/N-ethyl adjacent to an activating group) is 1. The number of carbonyl (C=O) groups excluding carboxylic acids is 3. The lowest BCUT2D eigenvalue weighted by Crippen LogP contribution is -2.53. The van der Waals surface area contributed by atoms with Crippen LogP contribution in [0.25, 0.3) is 5.69 Å². The van der Waals surface area contributed by atoms with Crippen molar-refractivity contribution in [2.45, 2.75) is 57.3 Å². The van der Waals surface area contributed by atoms with Crippen molar-refractivity contribution in [1.29, 1.82) is 0 Å². The number of para-hydroxylation sites is 1. The Bertz CT molecular complexity index is 1850. The number of anilines is 1. The van der Waals surface area contributed by atoms with Crippen LogP contribution in [-0.4, -0.2) is 86.6 Å². The van der Waals surface area contributed by atoms with Crippen LogP contribution in [0.5, 0.6) is 0 Å². The van der Waals surface area contributed by atoms with E-state index in [1.165, 1.54) is 4.90 Å². The van der Waals surface area contributed by atoms with E-state index in [0.29, 0.717) is 49.4 Å². The minimum atomic E-state index is -4.72. The summed E-state index contributed by atoms with van der Waals surface area (Å²) in [5.41, 5.74) is 2.83. The summed E-state index contributed by atoms with van der Waals surface area (Å²) in [4.78, 5) is 41.3. The predicted octanol–water partition coefficient (Wildman–Crippen LogP) is 3.97. The van der Waals surface area contributed by atoms with Crippen LogP contribution in [0.2, 0.25) is 0 Å². The zero-order chi connectivity index (χ0) is 36.1. The summed E-state index contributed by atoms with van der Waals surface area (Å²) in [6, 6.07) is 19.2. The van der Waals surface area contributed by atoms with Crippen LogP contribution in [0.1, 0.15) is 41.4 Å². The molecule has 2 aromatic heterocycles. The van der Waals surface area contributed by atoms with E-state index < -0.39 is 23.9 Å². The van der Waals surface area contributed by atoms with Crippen molar-refractivity contribution >= 4 is 23.5 Å². The molecule has 3 unspecified atom stereocenters. The highest BCUT2D eigenvalue weighted by Crippen LogP contribution is 2.31. The Hall–Kier alpha value is -5.28. The lowest BCUT2D eigenvalue weighted by Gasteiger charge is -2.32. The molecule has 2 fully saturated rings. The third kappa shape index (κ3) is 8.37. The Morgan fingerprint density at radius 1 is 1.00 bits per heavy atom. The van der Waals surface area contributed by atoms with Gasteiger partial charge < -0.3 is 15.4 Å². The number of benzene rings is 2. The topological polar surface area (TPSA) is 127 Å². The number of rotatable bonds is 9. The first-order chi connectivity index (χ1) is 24.5. The molecule has 3 aliphatic rings. The Labute approximate surface area is 292 Å². The summed E-state index contributed by atoms with van der Waals surface area (Å²) >= 11 is 0. The minimum Gasteiger partial charge on any atom is -0.372 e. The number of amides is 3. The van der Waals surface area contributed by atoms with Crippen LogP contribution < -0.4 is 15.5 Å². The largest absolute Gasteiger partial charge is 0.504 e. The number of nitrogens with one attached hydrogen (secondary N) is 2. The second kappa shape index (κ2) is 15.3. The monoisotopic (exact) mass is 704 g/mol. The molecule has 4 aromatic rings. The molecule has 12 nitrogen and oxygen atoms in total. The van der Waals surface area contributed by atoms with Crippen LogP contribution in [0, 0.1) is 0 Å². The second-order valence-corrected chi connectivity index (χ2v) is 12.6. The Balaban J connectivity index is 0.000000187. The number of aromatic nitrogens is 4. The van der Waals surface area contributed by atoms with Gasteiger partial charge in [0.15, 0.2) is 0 Å². The van der Waals surface area contributed by atoms with Gasteiger partial charge in [0.25, 0.3) is 11.8 Å². The fourth-order valence-corrected chi connectivity index (χ4v) is 6.48. The molecule has 51 heavy (non-hydrogen) atoms. The standard InChI is InChI=1S/C19H17F3N6O2.C17H22N2O2/c1-2-26-17-12(11-23-28(17)13-6-4-3-5-7-13)10-15(18(26)30)24-16(29)14-8-9-27(25-14)19(20,21)22;1-13(10-19-11-15-7-8-16(12-19)21-15)17(20)18-9-14-5-3-2-4-6-14/h3-9,11,15H,2,10H2,1H3,(H,24,29);2-6,15-16H,1,7-12H2,(H,18,20). The molecule has 7 rings (SSSR count). The molecule has 2 N–H and O–H groups in total. The van der Waals surface area contributed by atoms with Crippen molar-refractivity contribution in [3.63, 3.8) is 0 Å². The molecular weight excluding hydrogens is 665 g/mol. The molecule has 268 valence electrons. The number of likely N-dealkylation sites (tertiary alicyclic amines) is 1. The van der Waals surface area contributed by atoms with Crippen molar-refractivity contribution < 1.29 is 32.3 Å². The lowest BCUT2D eigenvalue weighted by atomic mass is 10.0. The number of nitrogens with zero attached hydrogens (tertiary/aromatic N) is 6. The highest BCUT2D eigenvalue weighted by molar-refractivity contribution is 6.03. The van der Waals surface area contributed by atoms with Gasteiger partial charge in [-0.3, -0.25) is 24.2 Å². The predicted molar refractivity (Wildman–Crippen MR) is 182 cm³/mol. The number of carbonyl (C=O) groups is 3. The van der Waals surface area contributed by atoms with Crippen molar-refractivity contribution in [2.75, 3.05) is 31.1 Å². The van der Waals surface area contributed by atoms with Gasteiger partial charge >= 0.3 is 6.30 Å². The van der Waals surface area contributed by atoms with Crippen LogP contribution in [0.4, 0.5) is 19.0 Å². The Kier molecular flexibility index (Phi) is 10.7. The van der Waals surface area contributed by atoms with Crippen LogP contribution >= 0.6 is 0 Å². The van der Waals surface area contributed by atoms with E-state index in [9.17, 15) is 27.6 Å². The molecule has 5 heterocycles. The van der Waals surface area contributed by atoms with Gasteiger partial charge in [0.2, 0.25) is 5.91 Å². The lowest BCUT2D eigenvalue weighted by molar-refractivity contribution is -0.212. The first kappa shape index (κ1) is 35.5. The molecule has 0 saturated carbocycles. The van der Waals surface area contributed by atoms with Crippen molar-refractivity contribution in [3.8, 4) is 5.69 Å². The molecule has 0 radical (unpaired) electrons. The number of morpholine rings is 1. The number of hydrogen-bond donors (Lipinski definition) is 2. The van der Waals surface area contributed by atoms with E-state index in [2.05, 4.69) is 32.3 Å². The minimum absolute atomic E-state index is 0.0577. The summed E-state index contributed by atoms with van der Waals surface area (Å²) in [5.74, 6) is -0.671. The van der Waals surface area contributed by atoms with Gasteiger partial charge in [-0.2, -0.15) is 14.9 Å². The second-order valence-electron chi connectivity index (χ2n) is 12.6. The fourth-order valence-electron chi connectivity index (χ4n) is 6.48. The van der Waals surface area contributed by atoms with E-state index in [4.69, 9.17) is 4.74 Å². The summed E-state index contributed by atoms with van der Waals surface area (Å²) in [7, 11) is 0. The Morgan fingerprint density at radius 3 is 2.29 bits per heavy atom. The smallest absolute Gasteiger partial charge is 0.372 e. The summed E-state index contributed by atoms with van der Waals surface area (Å²) in [6.07, 6.45) is 0.713. The van der Waals surface area contributed by atoms with Gasteiger partial charge in [0, 0.05) is 56.5 Å². The zero-order valence-corrected chi connectivity index (χ0v) is 28.1. The average molecular weight is 705 g/mol.